The van der Waals surface area contributed by atoms with Crippen LogP contribution in [0, 0.1) is 25.7 Å². The van der Waals surface area contributed by atoms with Crippen molar-refractivity contribution >= 4 is 33.4 Å². The molecule has 26 heavy (non-hydrogen) atoms. The van der Waals surface area contributed by atoms with Gasteiger partial charge < -0.3 is 10.6 Å². The minimum Gasteiger partial charge on any atom is -0.332 e. The number of halogens is 2. The predicted octanol–water partition coefficient (Wildman–Crippen LogP) is 4.45. The number of aryl methyl sites for hydroxylation is 2. The first kappa shape index (κ1) is 18.6. The van der Waals surface area contributed by atoms with Gasteiger partial charge in [-0.2, -0.15) is 0 Å². The zero-order valence-electron chi connectivity index (χ0n) is 14.6. The van der Waals surface area contributed by atoms with Crippen molar-refractivity contribution < 1.29 is 14.0 Å². The summed E-state index contributed by atoms with van der Waals surface area (Å²) >= 11 is 3.51. The highest BCUT2D eigenvalue weighted by atomic mass is 79.9. The molecule has 1 aliphatic carbocycles. The second kappa shape index (κ2) is 7.58. The Hall–Kier alpha value is -2.21. The van der Waals surface area contributed by atoms with Gasteiger partial charge in [0.1, 0.15) is 5.83 Å². The Morgan fingerprint density at radius 1 is 1.35 bits per heavy atom. The Bertz CT molecular complexity index is 858. The van der Waals surface area contributed by atoms with E-state index in [4.69, 9.17) is 0 Å². The summed E-state index contributed by atoms with van der Waals surface area (Å²) in [5.41, 5.74) is 3.26. The summed E-state index contributed by atoms with van der Waals surface area (Å²) in [6.07, 6.45) is 6.79. The average molecular weight is 419 g/mol. The van der Waals surface area contributed by atoms with Crippen molar-refractivity contribution in [1.29, 1.82) is 0 Å². The van der Waals surface area contributed by atoms with Gasteiger partial charge in [-0.25, -0.2) is 4.39 Å². The number of carbonyl (C=O) groups excluding carboxylic acids is 2. The van der Waals surface area contributed by atoms with Crippen LogP contribution in [0.1, 0.15) is 24.0 Å². The summed E-state index contributed by atoms with van der Waals surface area (Å²) in [6, 6.07) is 3.92. The molecule has 0 saturated carbocycles. The molecule has 6 heteroatoms. The van der Waals surface area contributed by atoms with Crippen molar-refractivity contribution in [2.75, 3.05) is 5.32 Å². The Labute approximate surface area is 160 Å². The molecule has 0 fully saturated rings. The molecule has 0 aromatic heterocycles. The van der Waals surface area contributed by atoms with Crippen molar-refractivity contribution in [2.45, 2.75) is 26.7 Å². The van der Waals surface area contributed by atoms with Crippen LogP contribution in [-0.2, 0) is 9.59 Å². The van der Waals surface area contributed by atoms with E-state index in [0.717, 1.165) is 15.6 Å². The van der Waals surface area contributed by atoms with E-state index >= 15 is 0 Å². The lowest BCUT2D eigenvalue weighted by atomic mass is 9.78. The molecule has 136 valence electrons. The van der Waals surface area contributed by atoms with Crippen LogP contribution in [0.15, 0.2) is 52.4 Å². The van der Waals surface area contributed by atoms with Gasteiger partial charge >= 0.3 is 0 Å². The lowest BCUT2D eigenvalue weighted by molar-refractivity contribution is -0.122. The Morgan fingerprint density at radius 3 is 2.81 bits per heavy atom. The molecule has 1 aromatic rings. The Balaban J connectivity index is 1.85. The number of hydrogen-bond donors (Lipinski definition) is 2. The third-order valence-corrected chi connectivity index (χ3v) is 5.76. The fraction of sp³-hybridized carbons (Fsp3) is 0.300. The van der Waals surface area contributed by atoms with Crippen LogP contribution in [0.5, 0.6) is 0 Å². The Kier molecular flexibility index (Phi) is 5.41. The molecule has 0 saturated heterocycles. The number of anilines is 1. The number of benzene rings is 1. The minimum atomic E-state index is -0.283. The van der Waals surface area contributed by atoms with Crippen molar-refractivity contribution in [1.82, 2.24) is 5.32 Å². The first-order valence-electron chi connectivity index (χ1n) is 8.46. The third kappa shape index (κ3) is 3.96. The van der Waals surface area contributed by atoms with Gasteiger partial charge in [0.25, 0.3) is 5.91 Å². The first-order valence-corrected chi connectivity index (χ1v) is 9.26. The van der Waals surface area contributed by atoms with E-state index in [9.17, 15) is 14.0 Å². The Morgan fingerprint density at radius 2 is 2.12 bits per heavy atom. The molecule has 4 nitrogen and oxygen atoms in total. The van der Waals surface area contributed by atoms with E-state index in [1.807, 2.05) is 26.0 Å². The maximum absolute atomic E-state index is 13.3. The highest BCUT2D eigenvalue weighted by Crippen LogP contribution is 2.35. The van der Waals surface area contributed by atoms with Gasteiger partial charge in [-0.3, -0.25) is 9.59 Å². The van der Waals surface area contributed by atoms with E-state index < -0.39 is 0 Å². The lowest BCUT2D eigenvalue weighted by Crippen LogP contribution is -2.36. The molecule has 2 aliphatic rings. The van der Waals surface area contributed by atoms with Crippen molar-refractivity contribution in [3.05, 3.63) is 63.6 Å². The number of rotatable bonds is 3. The SMILES string of the molecule is Cc1cc(C)c(Br)c(NC(=O)C2=CNC(=O)C[C@@H]2C2C=CC(F)=CC2)c1. The van der Waals surface area contributed by atoms with Gasteiger partial charge in [0, 0.05) is 28.6 Å². The molecule has 2 amide bonds. The molecule has 1 aliphatic heterocycles. The van der Waals surface area contributed by atoms with Gasteiger partial charge in [-0.15, -0.1) is 0 Å². The highest BCUT2D eigenvalue weighted by Gasteiger charge is 2.33. The number of hydrogen-bond acceptors (Lipinski definition) is 2. The first-order chi connectivity index (χ1) is 12.3. The standard InChI is InChI=1S/C20H20BrFN2O2/c1-11-7-12(2)19(21)17(8-11)24-20(26)16-10-23-18(25)9-15(16)13-3-5-14(22)6-4-13/h3,5-8,10,13,15H,4,9H2,1-2H3,(H,23,25)(H,24,26)/t13?,15-/m1/s1. The van der Waals surface area contributed by atoms with E-state index in [-0.39, 0.29) is 35.9 Å². The quantitative estimate of drug-likeness (QED) is 0.761. The van der Waals surface area contributed by atoms with Gasteiger partial charge in [-0.1, -0.05) is 12.1 Å². The number of allylic oxidation sites excluding steroid dienone is 4. The summed E-state index contributed by atoms with van der Waals surface area (Å²) in [5.74, 6) is -1.04. The molecule has 3 rings (SSSR count). The lowest BCUT2D eigenvalue weighted by Gasteiger charge is -2.29. The zero-order chi connectivity index (χ0) is 18.8. The van der Waals surface area contributed by atoms with Crippen LogP contribution in [0.2, 0.25) is 0 Å². The molecule has 0 bridgehead atoms. The van der Waals surface area contributed by atoms with Crippen LogP contribution in [0.25, 0.3) is 0 Å². The molecular formula is C20H20BrFN2O2. The highest BCUT2D eigenvalue weighted by molar-refractivity contribution is 9.10. The molecule has 1 aromatic carbocycles. The van der Waals surface area contributed by atoms with E-state index in [2.05, 4.69) is 26.6 Å². The normalized spacial score (nSPS) is 22.4. The van der Waals surface area contributed by atoms with Crippen molar-refractivity contribution in [3.8, 4) is 0 Å². The molecule has 2 N–H and O–H groups in total. The largest absolute Gasteiger partial charge is 0.332 e. The smallest absolute Gasteiger partial charge is 0.253 e. The summed E-state index contributed by atoms with van der Waals surface area (Å²) in [6.45, 7) is 3.93. The monoisotopic (exact) mass is 418 g/mol. The molecule has 0 spiro atoms. The van der Waals surface area contributed by atoms with E-state index in [1.54, 1.807) is 6.08 Å². The number of amides is 2. The van der Waals surface area contributed by atoms with Crippen LogP contribution in [-0.4, -0.2) is 11.8 Å². The summed E-state index contributed by atoms with van der Waals surface area (Å²) in [4.78, 5) is 24.7. The predicted molar refractivity (Wildman–Crippen MR) is 103 cm³/mol. The van der Waals surface area contributed by atoms with Gasteiger partial charge in [0.05, 0.1) is 5.69 Å². The van der Waals surface area contributed by atoms with E-state index in [1.165, 1.54) is 18.4 Å². The van der Waals surface area contributed by atoms with Crippen molar-refractivity contribution in [3.63, 3.8) is 0 Å². The third-order valence-electron chi connectivity index (χ3n) is 4.71. The molecular weight excluding hydrogens is 399 g/mol. The molecule has 0 radical (unpaired) electrons. The molecule has 1 heterocycles. The summed E-state index contributed by atoms with van der Waals surface area (Å²) in [5, 5.41) is 5.56. The number of nitrogens with one attached hydrogen (secondary N) is 2. The molecule has 1 unspecified atom stereocenters. The van der Waals surface area contributed by atoms with Gasteiger partial charge in [-0.05, 0) is 71.5 Å². The van der Waals surface area contributed by atoms with Crippen LogP contribution < -0.4 is 10.6 Å². The number of carbonyl (C=O) groups is 2. The summed E-state index contributed by atoms with van der Waals surface area (Å²) < 4.78 is 14.1. The topological polar surface area (TPSA) is 58.2 Å². The summed E-state index contributed by atoms with van der Waals surface area (Å²) in [7, 11) is 0. The van der Waals surface area contributed by atoms with Crippen LogP contribution in [0.4, 0.5) is 10.1 Å². The van der Waals surface area contributed by atoms with E-state index in [0.29, 0.717) is 17.7 Å². The average Bonchev–Trinajstić information content (AvgIpc) is 2.59. The molecule has 2 atom stereocenters. The fourth-order valence-corrected chi connectivity index (χ4v) is 3.72. The fourth-order valence-electron chi connectivity index (χ4n) is 3.39. The second-order valence-corrected chi connectivity index (χ2v) is 7.52. The zero-order valence-corrected chi connectivity index (χ0v) is 16.2. The maximum Gasteiger partial charge on any atom is 0.253 e. The van der Waals surface area contributed by atoms with Gasteiger partial charge in [0.2, 0.25) is 5.91 Å². The minimum absolute atomic E-state index is 0.0831. The van der Waals surface area contributed by atoms with Crippen molar-refractivity contribution in [2.24, 2.45) is 11.8 Å². The van der Waals surface area contributed by atoms with Crippen LogP contribution in [0.3, 0.4) is 0 Å². The maximum atomic E-state index is 13.3. The van der Waals surface area contributed by atoms with Gasteiger partial charge in [0.15, 0.2) is 0 Å². The van der Waals surface area contributed by atoms with Crippen LogP contribution >= 0.6 is 15.9 Å². The second-order valence-electron chi connectivity index (χ2n) is 6.72.